The molecule has 0 spiro atoms. The molecule has 1 amide bonds. The van der Waals surface area contributed by atoms with Crippen molar-refractivity contribution in [2.24, 2.45) is 11.1 Å². The van der Waals surface area contributed by atoms with Crippen molar-refractivity contribution in [1.82, 2.24) is 0 Å². The number of nitrogens with one attached hydrogen (secondary N) is 1. The zero-order valence-electron chi connectivity index (χ0n) is 12.7. The van der Waals surface area contributed by atoms with Crippen LogP contribution in [0.25, 0.3) is 0 Å². The van der Waals surface area contributed by atoms with Crippen LogP contribution in [0, 0.1) is 5.92 Å². The second-order valence-corrected chi connectivity index (χ2v) is 5.65. The van der Waals surface area contributed by atoms with Crippen LogP contribution in [0.5, 0.6) is 0 Å². The molecule has 4 heteroatoms. The Balaban J connectivity index is 2.16. The number of carbonyl (C=O) groups excluding carboxylic acids is 1. The molecular weight excluding hydrogens is 264 g/mol. The van der Waals surface area contributed by atoms with Gasteiger partial charge in [0, 0.05) is 11.3 Å². The van der Waals surface area contributed by atoms with Crippen molar-refractivity contribution in [1.29, 1.82) is 0 Å². The summed E-state index contributed by atoms with van der Waals surface area (Å²) in [7, 11) is 0. The van der Waals surface area contributed by atoms with E-state index >= 15 is 0 Å². The SMILES string of the molecule is C=CC(=O)Nc1ccc2c(c1)CCC/C2=N\OCC(C)C. The first-order valence-corrected chi connectivity index (χ1v) is 7.35. The van der Waals surface area contributed by atoms with Gasteiger partial charge in [0.1, 0.15) is 6.61 Å². The van der Waals surface area contributed by atoms with E-state index in [2.05, 4.69) is 30.9 Å². The van der Waals surface area contributed by atoms with E-state index in [1.807, 2.05) is 18.2 Å². The highest BCUT2D eigenvalue weighted by molar-refractivity contribution is 6.03. The van der Waals surface area contributed by atoms with Crippen molar-refractivity contribution in [3.63, 3.8) is 0 Å². The topological polar surface area (TPSA) is 50.7 Å². The lowest BCUT2D eigenvalue weighted by atomic mass is 9.90. The van der Waals surface area contributed by atoms with Crippen LogP contribution in [0.3, 0.4) is 0 Å². The summed E-state index contributed by atoms with van der Waals surface area (Å²) in [5.41, 5.74) is 4.12. The van der Waals surface area contributed by atoms with Crippen LogP contribution < -0.4 is 5.32 Å². The van der Waals surface area contributed by atoms with E-state index in [0.717, 1.165) is 36.2 Å². The summed E-state index contributed by atoms with van der Waals surface area (Å²) in [5, 5.41) is 7.07. The van der Waals surface area contributed by atoms with Gasteiger partial charge in [0.05, 0.1) is 5.71 Å². The quantitative estimate of drug-likeness (QED) is 0.665. The molecule has 0 radical (unpaired) electrons. The number of hydrogen-bond donors (Lipinski definition) is 1. The molecule has 0 bridgehead atoms. The lowest BCUT2D eigenvalue weighted by Gasteiger charge is -2.18. The second kappa shape index (κ2) is 7.07. The van der Waals surface area contributed by atoms with Gasteiger partial charge in [-0.1, -0.05) is 31.6 Å². The molecular formula is C17H22N2O2. The Kier molecular flexibility index (Phi) is 5.14. The average molecular weight is 286 g/mol. The van der Waals surface area contributed by atoms with E-state index in [-0.39, 0.29) is 5.91 Å². The maximum atomic E-state index is 11.3. The number of rotatable bonds is 5. The predicted molar refractivity (Wildman–Crippen MR) is 85.5 cm³/mol. The number of aryl methyl sites for hydroxylation is 1. The summed E-state index contributed by atoms with van der Waals surface area (Å²) in [6, 6.07) is 5.90. The summed E-state index contributed by atoms with van der Waals surface area (Å²) in [5.74, 6) is 0.272. The highest BCUT2D eigenvalue weighted by Crippen LogP contribution is 2.25. The van der Waals surface area contributed by atoms with Crippen molar-refractivity contribution in [3.8, 4) is 0 Å². The minimum atomic E-state index is -0.195. The normalized spacial score (nSPS) is 15.7. The van der Waals surface area contributed by atoms with E-state index in [0.29, 0.717) is 12.5 Å². The van der Waals surface area contributed by atoms with Crippen LogP contribution in [0.2, 0.25) is 0 Å². The van der Waals surface area contributed by atoms with E-state index in [1.165, 1.54) is 11.6 Å². The minimum Gasteiger partial charge on any atom is -0.395 e. The third-order valence-electron chi connectivity index (χ3n) is 3.31. The molecule has 0 fully saturated rings. The van der Waals surface area contributed by atoms with E-state index < -0.39 is 0 Å². The monoisotopic (exact) mass is 286 g/mol. The Labute approximate surface area is 125 Å². The largest absolute Gasteiger partial charge is 0.395 e. The maximum Gasteiger partial charge on any atom is 0.247 e. The standard InChI is InChI=1S/C17H22N2O2/c1-4-17(20)18-14-8-9-15-13(10-14)6-5-7-16(15)19-21-11-12(2)3/h4,8-10,12H,1,5-7,11H2,2-3H3,(H,18,20)/b19-16+. The van der Waals surface area contributed by atoms with Crippen LogP contribution in [0.15, 0.2) is 36.0 Å². The van der Waals surface area contributed by atoms with Crippen LogP contribution >= 0.6 is 0 Å². The average Bonchev–Trinajstić information content (AvgIpc) is 2.46. The molecule has 21 heavy (non-hydrogen) atoms. The lowest BCUT2D eigenvalue weighted by molar-refractivity contribution is -0.111. The van der Waals surface area contributed by atoms with Crippen LogP contribution in [-0.4, -0.2) is 18.2 Å². The molecule has 1 aromatic rings. The molecule has 1 aliphatic rings. The van der Waals surface area contributed by atoms with Crippen molar-refractivity contribution >= 4 is 17.3 Å². The molecule has 0 saturated heterocycles. The fourth-order valence-corrected chi connectivity index (χ4v) is 2.29. The Morgan fingerprint density at radius 1 is 1.48 bits per heavy atom. The molecule has 0 unspecified atom stereocenters. The van der Waals surface area contributed by atoms with Gasteiger partial charge in [-0.25, -0.2) is 0 Å². The van der Waals surface area contributed by atoms with Crippen LogP contribution in [-0.2, 0) is 16.1 Å². The summed E-state index contributed by atoms with van der Waals surface area (Å²) >= 11 is 0. The molecule has 4 nitrogen and oxygen atoms in total. The lowest BCUT2D eigenvalue weighted by Crippen LogP contribution is -2.14. The highest BCUT2D eigenvalue weighted by Gasteiger charge is 2.17. The van der Waals surface area contributed by atoms with Crippen molar-refractivity contribution in [2.45, 2.75) is 33.1 Å². The van der Waals surface area contributed by atoms with Gasteiger partial charge in [-0.2, -0.15) is 0 Å². The van der Waals surface area contributed by atoms with E-state index in [4.69, 9.17) is 4.84 Å². The van der Waals surface area contributed by atoms with E-state index in [1.54, 1.807) is 0 Å². The molecule has 1 aliphatic carbocycles. The van der Waals surface area contributed by atoms with Gasteiger partial charge in [0.25, 0.3) is 0 Å². The number of benzene rings is 1. The van der Waals surface area contributed by atoms with E-state index in [9.17, 15) is 4.79 Å². The van der Waals surface area contributed by atoms with Crippen molar-refractivity contribution < 1.29 is 9.63 Å². The summed E-state index contributed by atoms with van der Waals surface area (Å²) in [4.78, 5) is 16.8. The van der Waals surface area contributed by atoms with Gasteiger partial charge in [-0.15, -0.1) is 0 Å². The fourth-order valence-electron chi connectivity index (χ4n) is 2.29. The summed E-state index contributed by atoms with van der Waals surface area (Å²) in [6.45, 7) is 8.29. The van der Waals surface area contributed by atoms with Gasteiger partial charge < -0.3 is 10.2 Å². The Bertz CT molecular complexity index is 562. The zero-order chi connectivity index (χ0) is 15.2. The second-order valence-electron chi connectivity index (χ2n) is 5.65. The molecule has 0 atom stereocenters. The van der Waals surface area contributed by atoms with Gasteiger partial charge in [0.2, 0.25) is 5.91 Å². The smallest absolute Gasteiger partial charge is 0.247 e. The number of carbonyl (C=O) groups is 1. The summed E-state index contributed by atoms with van der Waals surface area (Å²) in [6.07, 6.45) is 4.25. The molecule has 0 aromatic heterocycles. The Hall–Kier alpha value is -2.10. The molecule has 0 aliphatic heterocycles. The predicted octanol–water partition coefficient (Wildman–Crippen LogP) is 3.52. The molecule has 1 N–H and O–H groups in total. The maximum absolute atomic E-state index is 11.3. The number of amides is 1. The number of anilines is 1. The molecule has 112 valence electrons. The van der Waals surface area contributed by atoms with Gasteiger partial charge in [-0.05, 0) is 49.0 Å². The molecule has 0 heterocycles. The molecule has 0 saturated carbocycles. The van der Waals surface area contributed by atoms with Gasteiger partial charge in [-0.3, -0.25) is 4.79 Å². The first-order valence-electron chi connectivity index (χ1n) is 7.35. The Morgan fingerprint density at radius 3 is 3.00 bits per heavy atom. The number of oxime groups is 1. The molecule has 1 aromatic carbocycles. The molecule has 2 rings (SSSR count). The first-order chi connectivity index (χ1) is 10.1. The Morgan fingerprint density at radius 2 is 2.29 bits per heavy atom. The third kappa shape index (κ3) is 4.18. The van der Waals surface area contributed by atoms with Crippen LogP contribution in [0.1, 0.15) is 37.8 Å². The highest BCUT2D eigenvalue weighted by atomic mass is 16.6. The fraction of sp³-hybridized carbons (Fsp3) is 0.412. The number of nitrogens with zero attached hydrogens (tertiary/aromatic N) is 1. The minimum absolute atomic E-state index is 0.195. The van der Waals surface area contributed by atoms with Gasteiger partial charge in [0.15, 0.2) is 0 Å². The number of fused-ring (bicyclic) bond motifs is 1. The first kappa shape index (κ1) is 15.3. The van der Waals surface area contributed by atoms with Gasteiger partial charge >= 0.3 is 0 Å². The van der Waals surface area contributed by atoms with Crippen molar-refractivity contribution in [2.75, 3.05) is 11.9 Å². The van der Waals surface area contributed by atoms with Crippen LogP contribution in [0.4, 0.5) is 5.69 Å². The van der Waals surface area contributed by atoms with Crippen molar-refractivity contribution in [3.05, 3.63) is 42.0 Å². The summed E-state index contributed by atoms with van der Waals surface area (Å²) < 4.78 is 0. The zero-order valence-corrected chi connectivity index (χ0v) is 12.7. The number of hydrogen-bond acceptors (Lipinski definition) is 3. The third-order valence-corrected chi connectivity index (χ3v) is 3.31.